The summed E-state index contributed by atoms with van der Waals surface area (Å²) < 4.78 is 9.48. The molecule has 0 aliphatic heterocycles. The lowest BCUT2D eigenvalue weighted by Crippen LogP contribution is -2.04. The fraction of sp³-hybridized carbons (Fsp3) is 0.148. The smallest absolute Gasteiger partial charge is 0.309 e. The van der Waals surface area contributed by atoms with Crippen molar-refractivity contribution in [1.29, 1.82) is 0 Å². The highest BCUT2D eigenvalue weighted by molar-refractivity contribution is 5.83. The lowest BCUT2D eigenvalue weighted by molar-refractivity contribution is -0.140. The van der Waals surface area contributed by atoms with E-state index in [4.69, 9.17) is 14.5 Å². The minimum atomic E-state index is -0.304. The van der Waals surface area contributed by atoms with E-state index in [1.807, 2.05) is 54.6 Å². The summed E-state index contributed by atoms with van der Waals surface area (Å²) in [4.78, 5) is 31.3. The number of nitrogens with zero attached hydrogens (tertiary/aromatic N) is 1. The van der Waals surface area contributed by atoms with E-state index in [1.54, 1.807) is 18.2 Å². The van der Waals surface area contributed by atoms with Gasteiger partial charge in [-0.2, -0.15) is 0 Å². The highest BCUT2D eigenvalue weighted by atomic mass is 16.5. The number of benzene rings is 3. The first-order chi connectivity index (χ1) is 16.5. The summed E-state index contributed by atoms with van der Waals surface area (Å²) in [5.41, 5.74) is 5.44. The predicted molar refractivity (Wildman–Crippen MR) is 128 cm³/mol. The van der Waals surface area contributed by atoms with E-state index < -0.39 is 0 Å². The number of nitrogens with one attached hydrogen (secondary N) is 1. The Labute approximate surface area is 197 Å². The quantitative estimate of drug-likeness (QED) is 0.396. The van der Waals surface area contributed by atoms with Gasteiger partial charge in [-0.15, -0.1) is 0 Å². The summed E-state index contributed by atoms with van der Waals surface area (Å²) in [5, 5.41) is 10.3. The number of carbonyl (C=O) groups excluding carboxylic acids is 2. The third-order valence-corrected chi connectivity index (χ3v) is 5.49. The van der Waals surface area contributed by atoms with Crippen molar-refractivity contribution in [1.82, 2.24) is 9.97 Å². The first kappa shape index (κ1) is 22.8. The molecular weight excluding hydrogens is 432 g/mol. The summed E-state index contributed by atoms with van der Waals surface area (Å²) in [6, 6.07) is 22.1. The highest BCUT2D eigenvalue weighted by Crippen LogP contribution is 2.35. The number of hydrogen-bond donors (Lipinski definition) is 2. The first-order valence-corrected chi connectivity index (χ1v) is 10.7. The topological polar surface area (TPSA) is 102 Å². The van der Waals surface area contributed by atoms with Crippen LogP contribution in [0.15, 0.2) is 72.8 Å². The zero-order chi connectivity index (χ0) is 24.1. The van der Waals surface area contributed by atoms with Crippen LogP contribution in [0.5, 0.6) is 5.75 Å². The largest absolute Gasteiger partial charge is 0.507 e. The van der Waals surface area contributed by atoms with E-state index in [0.29, 0.717) is 17.1 Å². The molecule has 7 heteroatoms. The minimum absolute atomic E-state index is 0.121. The molecule has 3 aromatic carbocycles. The Kier molecular flexibility index (Phi) is 6.73. The zero-order valence-corrected chi connectivity index (χ0v) is 18.9. The van der Waals surface area contributed by atoms with Gasteiger partial charge in [-0.25, -0.2) is 4.98 Å². The average molecular weight is 456 g/mol. The van der Waals surface area contributed by atoms with Gasteiger partial charge in [0.05, 0.1) is 44.0 Å². The molecule has 0 spiro atoms. The Morgan fingerprint density at radius 3 is 1.85 bits per heavy atom. The number of phenols is 1. The van der Waals surface area contributed by atoms with E-state index >= 15 is 0 Å². The van der Waals surface area contributed by atoms with Gasteiger partial charge in [-0.1, -0.05) is 60.7 Å². The molecule has 0 bridgehead atoms. The summed E-state index contributed by atoms with van der Waals surface area (Å²) in [7, 11) is 2.73. The summed E-state index contributed by atoms with van der Waals surface area (Å²) in [5.74, 6) is 0.0440. The summed E-state index contributed by atoms with van der Waals surface area (Å²) in [6.07, 6.45) is 0.381. The van der Waals surface area contributed by atoms with Crippen LogP contribution in [0.2, 0.25) is 0 Å². The molecule has 2 N–H and O–H groups in total. The predicted octanol–water partition coefficient (Wildman–Crippen LogP) is 4.55. The fourth-order valence-corrected chi connectivity index (χ4v) is 3.64. The van der Waals surface area contributed by atoms with Crippen molar-refractivity contribution in [2.75, 3.05) is 14.2 Å². The molecule has 0 unspecified atom stereocenters. The monoisotopic (exact) mass is 456 g/mol. The second-order valence-corrected chi connectivity index (χ2v) is 7.73. The molecule has 0 saturated heterocycles. The number of imidazole rings is 1. The van der Waals surface area contributed by atoms with Crippen LogP contribution < -0.4 is 0 Å². The Bertz CT molecular complexity index is 1230. The molecule has 0 fully saturated rings. The van der Waals surface area contributed by atoms with Crippen LogP contribution in [0.25, 0.3) is 33.9 Å². The van der Waals surface area contributed by atoms with Crippen molar-refractivity contribution in [2.24, 2.45) is 0 Å². The van der Waals surface area contributed by atoms with Crippen LogP contribution in [0, 0.1) is 0 Å². The minimum Gasteiger partial charge on any atom is -0.507 e. The van der Waals surface area contributed by atoms with Gasteiger partial charge in [-0.05, 0) is 23.3 Å². The number of aromatic hydroxyl groups is 1. The molecule has 0 aliphatic rings. The lowest BCUT2D eigenvalue weighted by Gasteiger charge is -2.06. The van der Waals surface area contributed by atoms with E-state index in [1.165, 1.54) is 14.2 Å². The Hall–Kier alpha value is -4.39. The van der Waals surface area contributed by atoms with E-state index in [-0.39, 0.29) is 30.5 Å². The number of rotatable bonds is 7. The standard InChI is InChI=1S/C27H24N2O5/c1-33-23(31)15-17-7-11-19(12-8-17)25-26(20-13-9-18(10-14-20)16-24(32)34-2)29-27(28-25)21-5-3-4-6-22(21)30/h3-14,30H,15-16H2,1-2H3,(H,28,29). The van der Waals surface area contributed by atoms with Crippen molar-refractivity contribution in [3.63, 3.8) is 0 Å². The van der Waals surface area contributed by atoms with E-state index in [2.05, 4.69) is 4.98 Å². The first-order valence-electron chi connectivity index (χ1n) is 10.7. The second-order valence-electron chi connectivity index (χ2n) is 7.73. The molecule has 172 valence electrons. The normalized spacial score (nSPS) is 10.6. The maximum atomic E-state index is 11.6. The van der Waals surface area contributed by atoms with Gasteiger partial charge >= 0.3 is 11.9 Å². The van der Waals surface area contributed by atoms with Gasteiger partial charge in [0.1, 0.15) is 11.6 Å². The summed E-state index contributed by atoms with van der Waals surface area (Å²) in [6.45, 7) is 0. The van der Waals surface area contributed by atoms with Crippen molar-refractivity contribution in [3.8, 4) is 39.7 Å². The van der Waals surface area contributed by atoms with E-state index in [0.717, 1.165) is 27.9 Å². The molecule has 1 aromatic heterocycles. The number of para-hydroxylation sites is 1. The van der Waals surface area contributed by atoms with Gasteiger partial charge < -0.3 is 19.6 Å². The van der Waals surface area contributed by atoms with E-state index in [9.17, 15) is 14.7 Å². The summed E-state index contributed by atoms with van der Waals surface area (Å²) >= 11 is 0. The van der Waals surface area contributed by atoms with Gasteiger partial charge in [0, 0.05) is 11.1 Å². The molecule has 7 nitrogen and oxygen atoms in total. The van der Waals surface area contributed by atoms with Crippen molar-refractivity contribution >= 4 is 11.9 Å². The third kappa shape index (κ3) is 4.99. The Balaban J connectivity index is 1.75. The Morgan fingerprint density at radius 2 is 1.32 bits per heavy atom. The number of carbonyl (C=O) groups is 2. The molecular formula is C27H24N2O5. The average Bonchev–Trinajstić information content (AvgIpc) is 3.30. The number of ether oxygens (including phenoxy) is 2. The number of phenolic OH excluding ortho intramolecular Hbond substituents is 1. The SMILES string of the molecule is COC(=O)Cc1ccc(-c2nc(-c3ccccc3O)[nH]c2-c2ccc(CC(=O)OC)cc2)cc1. The van der Waals surface area contributed by atoms with Crippen molar-refractivity contribution in [2.45, 2.75) is 12.8 Å². The molecule has 0 aliphatic carbocycles. The molecule has 0 atom stereocenters. The molecule has 1 heterocycles. The molecule has 34 heavy (non-hydrogen) atoms. The molecule has 0 amide bonds. The molecule has 0 radical (unpaired) electrons. The Morgan fingerprint density at radius 1 is 0.794 bits per heavy atom. The van der Waals surface area contributed by atoms with Gasteiger partial charge in [0.15, 0.2) is 0 Å². The van der Waals surface area contributed by atoms with Gasteiger partial charge in [0.25, 0.3) is 0 Å². The van der Waals surface area contributed by atoms with Crippen LogP contribution in [0.3, 0.4) is 0 Å². The number of aromatic nitrogens is 2. The van der Waals surface area contributed by atoms with Crippen LogP contribution in [-0.2, 0) is 31.9 Å². The zero-order valence-electron chi connectivity index (χ0n) is 18.9. The third-order valence-electron chi connectivity index (χ3n) is 5.49. The number of H-pyrrole nitrogens is 1. The van der Waals surface area contributed by atoms with Crippen LogP contribution >= 0.6 is 0 Å². The number of aromatic amines is 1. The fourth-order valence-electron chi connectivity index (χ4n) is 3.64. The van der Waals surface area contributed by atoms with Gasteiger partial charge in [0.2, 0.25) is 0 Å². The highest BCUT2D eigenvalue weighted by Gasteiger charge is 2.17. The lowest BCUT2D eigenvalue weighted by atomic mass is 10.0. The maximum Gasteiger partial charge on any atom is 0.309 e. The van der Waals surface area contributed by atoms with Crippen molar-refractivity contribution < 1.29 is 24.2 Å². The second kappa shape index (κ2) is 10.0. The van der Waals surface area contributed by atoms with Crippen molar-refractivity contribution in [3.05, 3.63) is 83.9 Å². The number of hydrogen-bond acceptors (Lipinski definition) is 6. The molecule has 4 rings (SSSR count). The molecule has 4 aromatic rings. The number of esters is 2. The van der Waals surface area contributed by atoms with Crippen LogP contribution in [-0.4, -0.2) is 41.2 Å². The molecule has 0 saturated carbocycles. The maximum absolute atomic E-state index is 11.6. The number of methoxy groups -OCH3 is 2. The van der Waals surface area contributed by atoms with Gasteiger partial charge in [-0.3, -0.25) is 9.59 Å². The van der Waals surface area contributed by atoms with Crippen LogP contribution in [0.1, 0.15) is 11.1 Å². The van der Waals surface area contributed by atoms with Crippen LogP contribution in [0.4, 0.5) is 0 Å².